The Morgan fingerprint density at radius 1 is 1.17 bits per heavy atom. The molecular weight excluding hydrogens is 345 g/mol. The van der Waals surface area contributed by atoms with Crippen molar-refractivity contribution in [2.75, 3.05) is 5.32 Å². The van der Waals surface area contributed by atoms with Crippen LogP contribution in [0.15, 0.2) is 42.0 Å². The Hall–Kier alpha value is -2.42. The molecule has 0 atom stereocenters. The van der Waals surface area contributed by atoms with E-state index in [4.69, 9.17) is 28.5 Å². The number of hydrogen-bond acceptors (Lipinski definition) is 2. The number of nitrogens with one attached hydrogen (secondary N) is 1. The van der Waals surface area contributed by atoms with Gasteiger partial charge in [-0.05, 0) is 24.3 Å². The second-order valence-corrected chi connectivity index (χ2v) is 5.15. The minimum absolute atomic E-state index is 0.108. The van der Waals surface area contributed by atoms with Gasteiger partial charge in [0.1, 0.15) is 11.6 Å². The minimum Gasteiger partial charge on any atom is -0.320 e. The first kappa shape index (κ1) is 16.9. The van der Waals surface area contributed by atoms with Crippen molar-refractivity contribution in [2.24, 2.45) is 0 Å². The number of halogens is 4. The van der Waals surface area contributed by atoms with Crippen LogP contribution in [0.1, 0.15) is 5.56 Å². The summed E-state index contributed by atoms with van der Waals surface area (Å²) in [5, 5.41) is 11.8. The summed E-state index contributed by atoms with van der Waals surface area (Å²) in [7, 11) is 0. The van der Waals surface area contributed by atoms with Gasteiger partial charge in [-0.2, -0.15) is 5.26 Å². The van der Waals surface area contributed by atoms with E-state index in [-0.39, 0.29) is 21.3 Å². The standard InChI is InChI=1S/C16H8Cl2F2N2O/c17-11-4-2-6-13(14(11)18)22-16(23)10(8-21)7-9-3-1-5-12(19)15(9)20/h1-7H,(H,22,23). The number of benzene rings is 2. The monoisotopic (exact) mass is 352 g/mol. The molecule has 0 aliphatic carbocycles. The van der Waals surface area contributed by atoms with E-state index in [2.05, 4.69) is 5.32 Å². The fourth-order valence-electron chi connectivity index (χ4n) is 1.73. The van der Waals surface area contributed by atoms with Crippen LogP contribution in [-0.4, -0.2) is 5.91 Å². The lowest BCUT2D eigenvalue weighted by Gasteiger charge is -2.07. The summed E-state index contributed by atoms with van der Waals surface area (Å²) in [6.07, 6.45) is 0.951. The van der Waals surface area contributed by atoms with Crippen LogP contribution in [0.5, 0.6) is 0 Å². The van der Waals surface area contributed by atoms with Crippen molar-refractivity contribution in [1.82, 2.24) is 0 Å². The van der Waals surface area contributed by atoms with E-state index in [0.717, 1.165) is 12.1 Å². The van der Waals surface area contributed by atoms with Crippen molar-refractivity contribution in [1.29, 1.82) is 5.26 Å². The lowest BCUT2D eigenvalue weighted by Crippen LogP contribution is -2.14. The van der Waals surface area contributed by atoms with Crippen molar-refractivity contribution in [3.63, 3.8) is 0 Å². The number of hydrogen-bond donors (Lipinski definition) is 1. The van der Waals surface area contributed by atoms with Gasteiger partial charge in [0.2, 0.25) is 0 Å². The van der Waals surface area contributed by atoms with Crippen LogP contribution in [-0.2, 0) is 4.79 Å². The topological polar surface area (TPSA) is 52.9 Å². The average molecular weight is 353 g/mol. The third-order valence-corrected chi connectivity index (χ3v) is 3.67. The molecule has 0 bridgehead atoms. The van der Waals surface area contributed by atoms with Crippen LogP contribution in [0.25, 0.3) is 6.08 Å². The number of nitriles is 1. The molecule has 116 valence electrons. The summed E-state index contributed by atoms with van der Waals surface area (Å²) in [6, 6.07) is 9.67. The summed E-state index contributed by atoms with van der Waals surface area (Å²) < 4.78 is 26.8. The molecule has 2 aromatic carbocycles. The molecule has 0 aromatic heterocycles. The Morgan fingerprint density at radius 2 is 1.87 bits per heavy atom. The molecule has 1 amide bonds. The molecule has 1 N–H and O–H groups in total. The fraction of sp³-hybridized carbons (Fsp3) is 0. The second-order valence-electron chi connectivity index (χ2n) is 4.37. The highest BCUT2D eigenvalue weighted by atomic mass is 35.5. The molecule has 0 saturated heterocycles. The molecule has 2 rings (SSSR count). The zero-order chi connectivity index (χ0) is 17.0. The van der Waals surface area contributed by atoms with E-state index in [9.17, 15) is 13.6 Å². The molecule has 2 aromatic rings. The van der Waals surface area contributed by atoms with Crippen molar-refractivity contribution in [2.45, 2.75) is 0 Å². The Morgan fingerprint density at radius 3 is 2.57 bits per heavy atom. The lowest BCUT2D eigenvalue weighted by atomic mass is 10.1. The molecule has 0 unspecified atom stereocenters. The summed E-state index contributed by atoms with van der Waals surface area (Å²) in [5.74, 6) is -3.04. The highest BCUT2D eigenvalue weighted by Gasteiger charge is 2.14. The predicted molar refractivity (Wildman–Crippen MR) is 85.0 cm³/mol. The molecule has 0 radical (unpaired) electrons. The van der Waals surface area contributed by atoms with Crippen LogP contribution in [0.2, 0.25) is 10.0 Å². The Kier molecular flexibility index (Phi) is 5.32. The largest absolute Gasteiger partial charge is 0.320 e. The minimum atomic E-state index is -1.14. The van der Waals surface area contributed by atoms with Crippen molar-refractivity contribution in [3.05, 3.63) is 69.2 Å². The third kappa shape index (κ3) is 3.86. The normalized spacial score (nSPS) is 11.0. The summed E-state index contributed by atoms with van der Waals surface area (Å²) in [6.45, 7) is 0. The van der Waals surface area contributed by atoms with Gasteiger partial charge in [-0.15, -0.1) is 0 Å². The highest BCUT2D eigenvalue weighted by molar-refractivity contribution is 6.44. The van der Waals surface area contributed by atoms with E-state index in [1.165, 1.54) is 24.3 Å². The van der Waals surface area contributed by atoms with Gasteiger partial charge < -0.3 is 5.32 Å². The Labute approximate surface area is 140 Å². The summed E-state index contributed by atoms with van der Waals surface area (Å²) in [4.78, 5) is 12.1. The molecule has 0 aliphatic heterocycles. The van der Waals surface area contributed by atoms with Crippen LogP contribution in [0.3, 0.4) is 0 Å². The molecule has 0 saturated carbocycles. The van der Waals surface area contributed by atoms with Gasteiger partial charge in [-0.3, -0.25) is 4.79 Å². The molecule has 0 spiro atoms. The van der Waals surface area contributed by atoms with Gasteiger partial charge in [-0.1, -0.05) is 41.4 Å². The van der Waals surface area contributed by atoms with E-state index in [1.54, 1.807) is 12.1 Å². The molecule has 0 aliphatic rings. The summed E-state index contributed by atoms with van der Waals surface area (Å²) >= 11 is 11.8. The number of carbonyl (C=O) groups excluding carboxylic acids is 1. The first-order chi connectivity index (χ1) is 10.9. The molecule has 0 heterocycles. The van der Waals surface area contributed by atoms with Crippen molar-refractivity contribution < 1.29 is 13.6 Å². The third-order valence-electron chi connectivity index (χ3n) is 2.85. The van der Waals surface area contributed by atoms with Crippen LogP contribution >= 0.6 is 23.2 Å². The molecule has 3 nitrogen and oxygen atoms in total. The smallest absolute Gasteiger partial charge is 0.266 e. The van der Waals surface area contributed by atoms with Gasteiger partial charge in [0.25, 0.3) is 5.91 Å². The maximum Gasteiger partial charge on any atom is 0.266 e. The highest BCUT2D eigenvalue weighted by Crippen LogP contribution is 2.29. The number of anilines is 1. The van der Waals surface area contributed by atoms with E-state index >= 15 is 0 Å². The zero-order valence-corrected chi connectivity index (χ0v) is 12.9. The number of carbonyl (C=O) groups is 1. The Bertz CT molecular complexity index is 844. The number of amides is 1. The SMILES string of the molecule is N#CC(=Cc1cccc(F)c1F)C(=O)Nc1cccc(Cl)c1Cl. The lowest BCUT2D eigenvalue weighted by molar-refractivity contribution is -0.112. The van der Waals surface area contributed by atoms with E-state index in [0.29, 0.717) is 0 Å². The van der Waals surface area contributed by atoms with Crippen LogP contribution in [0, 0.1) is 23.0 Å². The zero-order valence-electron chi connectivity index (χ0n) is 11.4. The van der Waals surface area contributed by atoms with Crippen LogP contribution < -0.4 is 5.32 Å². The van der Waals surface area contributed by atoms with Crippen molar-refractivity contribution >= 4 is 40.9 Å². The van der Waals surface area contributed by atoms with Crippen molar-refractivity contribution in [3.8, 4) is 6.07 Å². The molecule has 23 heavy (non-hydrogen) atoms. The number of nitrogens with zero attached hydrogens (tertiary/aromatic N) is 1. The first-order valence-electron chi connectivity index (χ1n) is 6.25. The maximum absolute atomic E-state index is 13.6. The quantitative estimate of drug-likeness (QED) is 0.636. The van der Waals surface area contributed by atoms with Gasteiger partial charge in [0, 0.05) is 5.56 Å². The van der Waals surface area contributed by atoms with Gasteiger partial charge in [0.05, 0.1) is 15.7 Å². The Balaban J connectivity index is 2.32. The molecular formula is C16H8Cl2F2N2O. The predicted octanol–water partition coefficient (Wildman–Crippen LogP) is 4.82. The van der Waals surface area contributed by atoms with E-state index in [1.807, 2.05) is 0 Å². The van der Waals surface area contributed by atoms with Gasteiger partial charge in [-0.25, -0.2) is 8.78 Å². The first-order valence-corrected chi connectivity index (χ1v) is 7.00. The fourth-order valence-corrected chi connectivity index (χ4v) is 2.07. The summed E-state index contributed by atoms with van der Waals surface area (Å²) in [5.41, 5.74) is -0.426. The second kappa shape index (κ2) is 7.23. The molecule has 7 heteroatoms. The molecule has 0 fully saturated rings. The van der Waals surface area contributed by atoms with Crippen LogP contribution in [0.4, 0.5) is 14.5 Å². The van der Waals surface area contributed by atoms with Gasteiger partial charge >= 0.3 is 0 Å². The number of rotatable bonds is 3. The van der Waals surface area contributed by atoms with Gasteiger partial charge in [0.15, 0.2) is 11.6 Å². The average Bonchev–Trinajstić information content (AvgIpc) is 2.53. The van der Waals surface area contributed by atoms with E-state index < -0.39 is 23.1 Å². The maximum atomic E-state index is 13.6.